The summed E-state index contributed by atoms with van der Waals surface area (Å²) < 4.78 is 27.2. The van der Waals surface area contributed by atoms with Crippen molar-refractivity contribution in [1.82, 2.24) is 14.5 Å². The van der Waals surface area contributed by atoms with Crippen LogP contribution < -0.4 is 5.56 Å². The van der Waals surface area contributed by atoms with Crippen LogP contribution in [0.1, 0.15) is 60.1 Å². The molecule has 0 bridgehead atoms. The molecule has 1 fully saturated rings. The van der Waals surface area contributed by atoms with Gasteiger partial charge in [-0.2, -0.15) is 0 Å². The highest BCUT2D eigenvalue weighted by atomic mass is 19.1. The third kappa shape index (κ3) is 3.74. The number of pyridine rings is 2. The van der Waals surface area contributed by atoms with Crippen molar-refractivity contribution in [1.29, 1.82) is 0 Å². The molecule has 0 N–H and O–H groups in total. The first kappa shape index (κ1) is 23.3. The van der Waals surface area contributed by atoms with Gasteiger partial charge in [0.25, 0.3) is 5.56 Å². The number of halogens is 1. The Labute approximate surface area is 208 Å². The number of hydrogen-bond donors (Lipinski definition) is 0. The highest BCUT2D eigenvalue weighted by molar-refractivity contribution is 5.88. The summed E-state index contributed by atoms with van der Waals surface area (Å²) in [5, 5.41) is 0.942. The van der Waals surface area contributed by atoms with Gasteiger partial charge < -0.3 is 14.0 Å². The van der Waals surface area contributed by atoms with Crippen LogP contribution in [0.2, 0.25) is 0 Å². The monoisotopic (exact) mass is 491 g/mol. The molecule has 0 saturated carbocycles. The van der Waals surface area contributed by atoms with Crippen molar-refractivity contribution in [2.24, 2.45) is 5.92 Å². The third-order valence-corrected chi connectivity index (χ3v) is 8.10. The minimum Gasteiger partial charge on any atom is -0.460 e. The molecule has 7 nitrogen and oxygen atoms in total. The molecule has 0 radical (unpaired) electrons. The largest absolute Gasteiger partial charge is 0.460 e. The number of ether oxygens (including phenoxy) is 2. The molecular weight excluding hydrogens is 461 g/mol. The van der Waals surface area contributed by atoms with Crippen LogP contribution in [-0.2, 0) is 34.0 Å². The number of cyclic esters (lactones) is 1. The zero-order valence-corrected chi connectivity index (χ0v) is 20.9. The molecule has 3 aliphatic rings. The minimum absolute atomic E-state index is 0.0491. The number of methoxy groups -OCH3 is 1. The summed E-state index contributed by atoms with van der Waals surface area (Å²) in [4.78, 5) is 33.1. The van der Waals surface area contributed by atoms with Crippen molar-refractivity contribution in [3.63, 3.8) is 0 Å². The van der Waals surface area contributed by atoms with Crippen LogP contribution in [0.15, 0.2) is 23.0 Å². The zero-order valence-electron chi connectivity index (χ0n) is 20.9. The van der Waals surface area contributed by atoms with Gasteiger partial charge in [-0.1, -0.05) is 6.92 Å². The number of piperidine rings is 1. The van der Waals surface area contributed by atoms with E-state index in [2.05, 4.69) is 11.8 Å². The van der Waals surface area contributed by atoms with Gasteiger partial charge in [0.15, 0.2) is 0 Å². The summed E-state index contributed by atoms with van der Waals surface area (Å²) >= 11 is 0. The van der Waals surface area contributed by atoms with Crippen molar-refractivity contribution in [2.45, 2.75) is 58.9 Å². The SMILES string of the molecule is COC1CC(=O)OCc2c1cc1n(c2=O)Cc2c-1nc1cc(F)c(C)cc1c2CN1CCC(C)CC1. The molecule has 1 unspecified atom stereocenters. The van der Waals surface area contributed by atoms with Crippen LogP contribution in [0.5, 0.6) is 0 Å². The average Bonchev–Trinajstić information content (AvgIpc) is 3.13. The van der Waals surface area contributed by atoms with Gasteiger partial charge in [-0.3, -0.25) is 14.5 Å². The maximum Gasteiger partial charge on any atom is 0.309 e. The van der Waals surface area contributed by atoms with Gasteiger partial charge in [0.05, 0.1) is 41.5 Å². The topological polar surface area (TPSA) is 73.7 Å². The van der Waals surface area contributed by atoms with E-state index in [1.165, 1.54) is 13.2 Å². The Balaban J connectivity index is 1.54. The zero-order chi connectivity index (χ0) is 25.1. The molecule has 2 aromatic heterocycles. The van der Waals surface area contributed by atoms with Gasteiger partial charge in [-0.15, -0.1) is 0 Å². The highest BCUT2D eigenvalue weighted by Crippen LogP contribution is 2.39. The molecule has 188 valence electrons. The Hall–Kier alpha value is -3.10. The minimum atomic E-state index is -0.562. The lowest BCUT2D eigenvalue weighted by atomic mass is 9.95. The van der Waals surface area contributed by atoms with Crippen LogP contribution in [0.4, 0.5) is 4.39 Å². The molecule has 1 atom stereocenters. The summed E-state index contributed by atoms with van der Waals surface area (Å²) in [5.41, 5.74) is 5.60. The molecule has 1 aromatic carbocycles. The number of aryl methyl sites for hydroxylation is 1. The summed E-state index contributed by atoms with van der Waals surface area (Å²) in [7, 11) is 1.53. The van der Waals surface area contributed by atoms with Gasteiger partial charge in [-0.05, 0) is 67.6 Å². The highest BCUT2D eigenvalue weighted by Gasteiger charge is 2.33. The average molecular weight is 492 g/mol. The van der Waals surface area contributed by atoms with Crippen LogP contribution in [0, 0.1) is 18.7 Å². The lowest BCUT2D eigenvalue weighted by molar-refractivity contribution is -0.146. The first-order valence-electron chi connectivity index (χ1n) is 12.6. The number of nitrogens with zero attached hydrogens (tertiary/aromatic N) is 3. The van der Waals surface area contributed by atoms with Crippen molar-refractivity contribution in [2.75, 3.05) is 20.2 Å². The van der Waals surface area contributed by atoms with Crippen molar-refractivity contribution < 1.29 is 18.7 Å². The first-order chi connectivity index (χ1) is 17.3. The summed E-state index contributed by atoms with van der Waals surface area (Å²) in [6, 6.07) is 5.30. The van der Waals surface area contributed by atoms with Gasteiger partial charge in [-0.25, -0.2) is 9.37 Å². The number of likely N-dealkylation sites (tertiary alicyclic amines) is 1. The van der Waals surface area contributed by atoms with Crippen molar-refractivity contribution in [3.05, 3.63) is 62.2 Å². The number of fused-ring (bicyclic) bond motifs is 5. The molecule has 3 aromatic rings. The second-order valence-corrected chi connectivity index (χ2v) is 10.4. The van der Waals surface area contributed by atoms with Crippen LogP contribution in [0.25, 0.3) is 22.3 Å². The molecule has 6 rings (SSSR count). The fourth-order valence-corrected chi connectivity index (χ4v) is 5.84. The normalized spacial score (nSPS) is 20.1. The van der Waals surface area contributed by atoms with Crippen LogP contribution >= 0.6 is 0 Å². The Bertz CT molecular complexity index is 1460. The number of rotatable bonds is 3. The molecule has 8 heteroatoms. The number of benzene rings is 1. The number of hydrogen-bond acceptors (Lipinski definition) is 6. The predicted molar refractivity (Wildman–Crippen MR) is 133 cm³/mol. The van der Waals surface area contributed by atoms with E-state index in [9.17, 15) is 14.0 Å². The fraction of sp³-hybridized carbons (Fsp3) is 0.464. The van der Waals surface area contributed by atoms with E-state index in [0.717, 1.165) is 54.9 Å². The maximum absolute atomic E-state index is 14.6. The lowest BCUT2D eigenvalue weighted by Crippen LogP contribution is -2.32. The Kier molecular flexibility index (Phi) is 5.68. The second-order valence-electron chi connectivity index (χ2n) is 10.4. The van der Waals surface area contributed by atoms with E-state index in [1.54, 1.807) is 11.5 Å². The van der Waals surface area contributed by atoms with Crippen LogP contribution in [0.3, 0.4) is 0 Å². The molecule has 3 aliphatic heterocycles. The van der Waals surface area contributed by atoms with Crippen molar-refractivity contribution >= 4 is 16.9 Å². The number of carbonyl (C=O) groups excluding carboxylic acids is 1. The van der Waals surface area contributed by atoms with E-state index >= 15 is 0 Å². The fourth-order valence-electron chi connectivity index (χ4n) is 5.84. The van der Waals surface area contributed by atoms with E-state index < -0.39 is 12.1 Å². The summed E-state index contributed by atoms with van der Waals surface area (Å²) in [5.74, 6) is 0.0368. The molecule has 5 heterocycles. The quantitative estimate of drug-likeness (QED) is 0.399. The van der Waals surface area contributed by atoms with E-state index in [0.29, 0.717) is 40.1 Å². The molecule has 1 saturated heterocycles. The Morgan fingerprint density at radius 2 is 1.94 bits per heavy atom. The molecule has 36 heavy (non-hydrogen) atoms. The summed E-state index contributed by atoms with van der Waals surface area (Å²) in [6.07, 6.45) is 1.80. The third-order valence-electron chi connectivity index (χ3n) is 8.10. The first-order valence-corrected chi connectivity index (χ1v) is 12.6. The van der Waals surface area contributed by atoms with Crippen LogP contribution in [-0.4, -0.2) is 40.6 Å². The molecule has 0 aliphatic carbocycles. The molecular formula is C28H30FN3O4. The number of aromatic nitrogens is 2. The van der Waals surface area contributed by atoms with Gasteiger partial charge in [0.1, 0.15) is 12.4 Å². The van der Waals surface area contributed by atoms with E-state index in [4.69, 9.17) is 14.5 Å². The van der Waals surface area contributed by atoms with E-state index in [-0.39, 0.29) is 24.4 Å². The molecule has 0 spiro atoms. The Morgan fingerprint density at radius 3 is 2.69 bits per heavy atom. The van der Waals surface area contributed by atoms with Gasteiger partial charge in [0, 0.05) is 30.7 Å². The van der Waals surface area contributed by atoms with Crippen molar-refractivity contribution in [3.8, 4) is 11.4 Å². The lowest BCUT2D eigenvalue weighted by Gasteiger charge is -2.31. The summed E-state index contributed by atoms with van der Waals surface area (Å²) in [6.45, 7) is 7.16. The standard InChI is InChI=1S/C28H30FN3O4/c1-15-4-6-31(7-5-15)12-19-17-8-16(2)22(29)10-23(17)30-27-20(19)13-32-24(27)9-18-21(28(32)34)14-36-26(33)11-25(18)35-3/h8-10,15,25H,4-7,11-14H2,1-3H3. The smallest absolute Gasteiger partial charge is 0.309 e. The Morgan fingerprint density at radius 1 is 1.17 bits per heavy atom. The number of esters is 1. The van der Waals surface area contributed by atoms with Gasteiger partial charge in [0.2, 0.25) is 0 Å². The molecule has 0 amide bonds. The maximum atomic E-state index is 14.6. The van der Waals surface area contributed by atoms with E-state index in [1.807, 2.05) is 12.1 Å². The van der Waals surface area contributed by atoms with Gasteiger partial charge >= 0.3 is 5.97 Å². The second kappa shape index (κ2) is 8.78. The predicted octanol–water partition coefficient (Wildman–Crippen LogP) is 4.24. The number of carbonyl (C=O) groups is 1.